The minimum Gasteiger partial charge on any atom is -0.343 e. The molecule has 4 N–H and O–H groups in total. The molecule has 0 heterocycles. The fraction of sp³-hybridized carbons (Fsp3) is 1.00. The van der Waals surface area contributed by atoms with E-state index in [0.717, 1.165) is 13.0 Å². The molecule has 0 bridgehead atoms. The van der Waals surface area contributed by atoms with Crippen molar-refractivity contribution in [1.82, 2.24) is 5.32 Å². The summed E-state index contributed by atoms with van der Waals surface area (Å²) in [6.45, 7) is 2.84. The number of unbranched alkanes of at least 4 members (excludes halogenated alkanes) is 29. The van der Waals surface area contributed by atoms with E-state index in [4.69, 9.17) is 15.3 Å². The van der Waals surface area contributed by atoms with Gasteiger partial charge in [0.1, 0.15) is 0 Å². The summed E-state index contributed by atoms with van der Waals surface area (Å²) in [5.41, 5.74) is 0. The van der Waals surface area contributed by atoms with Crippen LogP contribution < -0.4 is 5.32 Å². The van der Waals surface area contributed by atoms with Gasteiger partial charge >= 0.3 is 0 Å². The lowest BCUT2D eigenvalue weighted by Crippen LogP contribution is -2.40. The lowest BCUT2D eigenvalue weighted by molar-refractivity contribution is -0.306. The summed E-state index contributed by atoms with van der Waals surface area (Å²) in [5, 5.41) is 29.2. The first-order valence-corrected chi connectivity index (χ1v) is 17.4. The van der Waals surface area contributed by atoms with Crippen LogP contribution in [-0.2, 0) is 0 Å². The Labute approximate surface area is 239 Å². The molecule has 0 aliphatic heterocycles. The Kier molecular flexibility index (Phi) is 31.2. The second-order valence-corrected chi connectivity index (χ2v) is 12.2. The predicted molar refractivity (Wildman–Crippen MR) is 166 cm³/mol. The molecule has 0 aliphatic rings. The Morgan fingerprint density at radius 3 is 0.763 bits per heavy atom. The first kappa shape index (κ1) is 37.8. The molecule has 38 heavy (non-hydrogen) atoms. The normalized spacial score (nSPS) is 12.0. The van der Waals surface area contributed by atoms with Crippen molar-refractivity contribution in [3.63, 3.8) is 0 Å². The zero-order valence-corrected chi connectivity index (χ0v) is 26.0. The summed E-state index contributed by atoms with van der Waals surface area (Å²) < 4.78 is 0. The van der Waals surface area contributed by atoms with Crippen LogP contribution in [0.15, 0.2) is 0 Å². The highest BCUT2D eigenvalue weighted by molar-refractivity contribution is 4.55. The third kappa shape index (κ3) is 35.8. The molecule has 0 aliphatic carbocycles. The molecule has 0 radical (unpaired) electrons. The van der Waals surface area contributed by atoms with E-state index in [-0.39, 0.29) is 6.54 Å². The quantitative estimate of drug-likeness (QED) is 0.0492. The summed E-state index contributed by atoms with van der Waals surface area (Å²) in [6, 6.07) is 0. The van der Waals surface area contributed by atoms with Gasteiger partial charge in [0.15, 0.2) is 0 Å². The van der Waals surface area contributed by atoms with Gasteiger partial charge in [-0.25, -0.2) is 0 Å². The van der Waals surface area contributed by atoms with E-state index in [1.165, 1.54) is 186 Å². The van der Waals surface area contributed by atoms with Crippen LogP contribution in [0, 0.1) is 0 Å². The Morgan fingerprint density at radius 1 is 0.342 bits per heavy atom. The number of nitrogens with one attached hydrogen (secondary N) is 1. The molecule has 0 spiro atoms. The van der Waals surface area contributed by atoms with Crippen LogP contribution in [0.5, 0.6) is 0 Å². The van der Waals surface area contributed by atoms with Gasteiger partial charge in [-0.15, -0.1) is 0 Å². The Hall–Kier alpha value is -0.160. The fourth-order valence-electron chi connectivity index (χ4n) is 5.53. The van der Waals surface area contributed by atoms with E-state index in [9.17, 15) is 0 Å². The molecule has 0 rings (SSSR count). The molecule has 4 nitrogen and oxygen atoms in total. The van der Waals surface area contributed by atoms with Gasteiger partial charge in [0.25, 0.3) is 5.97 Å². The topological polar surface area (TPSA) is 72.7 Å². The van der Waals surface area contributed by atoms with Crippen LogP contribution in [0.3, 0.4) is 0 Å². The van der Waals surface area contributed by atoms with Gasteiger partial charge < -0.3 is 20.6 Å². The molecule has 0 aromatic heterocycles. The van der Waals surface area contributed by atoms with Crippen molar-refractivity contribution < 1.29 is 15.3 Å². The van der Waals surface area contributed by atoms with Gasteiger partial charge in [0.05, 0.1) is 6.54 Å². The third-order valence-electron chi connectivity index (χ3n) is 8.07. The van der Waals surface area contributed by atoms with Crippen molar-refractivity contribution >= 4 is 0 Å². The van der Waals surface area contributed by atoms with Crippen LogP contribution >= 0.6 is 0 Å². The largest absolute Gasteiger partial charge is 0.343 e. The van der Waals surface area contributed by atoms with Crippen molar-refractivity contribution in [2.75, 3.05) is 13.1 Å². The van der Waals surface area contributed by atoms with Gasteiger partial charge in [-0.05, 0) is 13.0 Å². The molecular weight excluding hydrogens is 470 g/mol. The van der Waals surface area contributed by atoms with Gasteiger partial charge in [-0.3, -0.25) is 0 Å². The highest BCUT2D eigenvalue weighted by Crippen LogP contribution is 2.16. The van der Waals surface area contributed by atoms with Crippen LogP contribution in [0.1, 0.15) is 200 Å². The van der Waals surface area contributed by atoms with Crippen molar-refractivity contribution in [3.8, 4) is 0 Å². The molecule has 0 aromatic carbocycles. The lowest BCUT2D eigenvalue weighted by Gasteiger charge is -2.14. The minimum atomic E-state index is -2.58. The zero-order valence-electron chi connectivity index (χ0n) is 26.0. The number of hydrogen-bond acceptors (Lipinski definition) is 4. The summed E-state index contributed by atoms with van der Waals surface area (Å²) in [5.74, 6) is -2.58. The SMILES string of the molecule is CCCCCCCCCCCCCCCCCCCCCCCCCCCCCCCCNCC(O)(O)O. The Bertz CT molecular complexity index is 424. The molecule has 0 fully saturated rings. The lowest BCUT2D eigenvalue weighted by atomic mass is 10.0. The van der Waals surface area contributed by atoms with Crippen molar-refractivity contribution in [3.05, 3.63) is 0 Å². The highest BCUT2D eigenvalue weighted by atomic mass is 16.7. The molecule has 0 saturated carbocycles. The van der Waals surface area contributed by atoms with Gasteiger partial charge in [0, 0.05) is 0 Å². The van der Waals surface area contributed by atoms with E-state index < -0.39 is 5.97 Å². The maximum absolute atomic E-state index is 8.78. The molecule has 0 aromatic rings. The van der Waals surface area contributed by atoms with E-state index in [1.807, 2.05) is 0 Å². The smallest absolute Gasteiger partial charge is 0.288 e. The summed E-state index contributed by atoms with van der Waals surface area (Å²) in [6.07, 6.45) is 42.3. The average molecular weight is 542 g/mol. The zero-order chi connectivity index (χ0) is 27.8. The summed E-state index contributed by atoms with van der Waals surface area (Å²) in [7, 11) is 0. The molecule has 0 unspecified atom stereocenters. The molecular formula is C34H71NO3. The Morgan fingerprint density at radius 2 is 0.553 bits per heavy atom. The first-order chi connectivity index (χ1) is 18.6. The minimum absolute atomic E-state index is 0.188. The number of rotatable bonds is 33. The number of aliphatic hydroxyl groups is 3. The third-order valence-corrected chi connectivity index (χ3v) is 8.07. The molecule has 4 heteroatoms. The molecule has 0 atom stereocenters. The number of hydrogen-bond donors (Lipinski definition) is 4. The van der Waals surface area contributed by atoms with Gasteiger partial charge in [-0.2, -0.15) is 0 Å². The fourth-order valence-corrected chi connectivity index (χ4v) is 5.53. The van der Waals surface area contributed by atoms with Crippen LogP contribution in [-0.4, -0.2) is 34.4 Å². The summed E-state index contributed by atoms with van der Waals surface area (Å²) >= 11 is 0. The van der Waals surface area contributed by atoms with E-state index in [0.29, 0.717) is 0 Å². The maximum atomic E-state index is 8.78. The van der Waals surface area contributed by atoms with Crippen molar-refractivity contribution in [2.24, 2.45) is 0 Å². The molecule has 0 amide bonds. The first-order valence-electron chi connectivity index (χ1n) is 17.4. The van der Waals surface area contributed by atoms with Gasteiger partial charge in [0.2, 0.25) is 0 Å². The van der Waals surface area contributed by atoms with Crippen molar-refractivity contribution in [2.45, 2.75) is 206 Å². The predicted octanol–water partition coefficient (Wildman–Crippen LogP) is 9.93. The summed E-state index contributed by atoms with van der Waals surface area (Å²) in [4.78, 5) is 0. The van der Waals surface area contributed by atoms with Crippen molar-refractivity contribution in [1.29, 1.82) is 0 Å². The van der Waals surface area contributed by atoms with Gasteiger partial charge in [-0.1, -0.05) is 193 Å². The Balaban J connectivity index is 3.04. The monoisotopic (exact) mass is 542 g/mol. The molecule has 0 saturated heterocycles. The second-order valence-electron chi connectivity index (χ2n) is 12.2. The van der Waals surface area contributed by atoms with E-state index in [1.54, 1.807) is 0 Å². The molecule has 230 valence electrons. The second kappa shape index (κ2) is 31.4. The standard InChI is InChI=1S/C34H71NO3/c1-2-3-4-5-6-7-8-9-10-11-12-13-14-15-16-17-18-19-20-21-22-23-24-25-26-27-28-29-30-31-32-35-33-34(36,37)38/h35-38H,2-33H2,1H3. The van der Waals surface area contributed by atoms with Crippen LogP contribution in [0.2, 0.25) is 0 Å². The van der Waals surface area contributed by atoms with Crippen LogP contribution in [0.25, 0.3) is 0 Å². The van der Waals surface area contributed by atoms with E-state index >= 15 is 0 Å². The van der Waals surface area contributed by atoms with Crippen LogP contribution in [0.4, 0.5) is 0 Å². The highest BCUT2D eigenvalue weighted by Gasteiger charge is 2.16. The average Bonchev–Trinajstić information content (AvgIpc) is 2.88. The maximum Gasteiger partial charge on any atom is 0.288 e. The van der Waals surface area contributed by atoms with E-state index in [2.05, 4.69) is 12.2 Å².